The Bertz CT molecular complexity index is 131. The maximum absolute atomic E-state index is 10.6. The minimum absolute atomic E-state index is 0.0312. The molecule has 0 saturated carbocycles. The molecule has 1 amide bonds. The van der Waals surface area contributed by atoms with Gasteiger partial charge in [-0.05, 0) is 13.8 Å². The fraction of sp³-hybridized carbons (Fsp3) is 0.500. The van der Waals surface area contributed by atoms with Crippen molar-refractivity contribution in [2.75, 3.05) is 0 Å². The molecule has 1 N–H and O–H groups in total. The minimum Gasteiger partial charge on any atom is -0.349 e. The second kappa shape index (κ2) is 3.51. The van der Waals surface area contributed by atoms with Crippen molar-refractivity contribution < 1.29 is 4.79 Å². The average molecular weight is 148 g/mol. The Morgan fingerprint density at radius 1 is 1.67 bits per heavy atom. The predicted molar refractivity (Wildman–Crippen MR) is 38.3 cm³/mol. The highest BCUT2D eigenvalue weighted by atomic mass is 35.5. The largest absolute Gasteiger partial charge is 0.349 e. The van der Waals surface area contributed by atoms with Crippen LogP contribution in [-0.4, -0.2) is 11.9 Å². The molecule has 0 fully saturated rings. The quantitative estimate of drug-likeness (QED) is 0.586. The normalized spacial score (nSPS) is 9.33. The topological polar surface area (TPSA) is 29.1 Å². The second-order valence-corrected chi connectivity index (χ2v) is 2.49. The van der Waals surface area contributed by atoms with Crippen molar-refractivity contribution in [2.45, 2.75) is 19.9 Å². The van der Waals surface area contributed by atoms with Gasteiger partial charge in [-0.3, -0.25) is 4.79 Å². The van der Waals surface area contributed by atoms with Crippen LogP contribution in [0.1, 0.15) is 13.8 Å². The number of halogens is 1. The first-order chi connectivity index (χ1) is 4.04. The SMILES string of the molecule is C=C(Cl)C(=O)NC(C)C. The Balaban J connectivity index is 3.65. The number of hydrogen-bond acceptors (Lipinski definition) is 1. The summed E-state index contributed by atoms with van der Waals surface area (Å²) in [6, 6.07) is 0.119. The Kier molecular flexibility index (Phi) is 3.32. The van der Waals surface area contributed by atoms with Gasteiger partial charge in [-0.15, -0.1) is 0 Å². The zero-order valence-corrected chi connectivity index (χ0v) is 6.33. The molecule has 0 aromatic heterocycles. The van der Waals surface area contributed by atoms with E-state index in [0.717, 1.165) is 0 Å². The molecule has 0 bridgehead atoms. The van der Waals surface area contributed by atoms with E-state index >= 15 is 0 Å². The molecule has 3 heteroatoms. The van der Waals surface area contributed by atoms with Gasteiger partial charge >= 0.3 is 0 Å². The summed E-state index contributed by atoms with van der Waals surface area (Å²) in [5.41, 5.74) is 0. The first-order valence-corrected chi connectivity index (χ1v) is 3.07. The van der Waals surface area contributed by atoms with Crippen molar-refractivity contribution in [2.24, 2.45) is 0 Å². The first-order valence-electron chi connectivity index (χ1n) is 2.69. The zero-order chi connectivity index (χ0) is 7.44. The van der Waals surface area contributed by atoms with Gasteiger partial charge in [0.25, 0.3) is 5.91 Å². The molecule has 0 aromatic rings. The summed E-state index contributed by atoms with van der Waals surface area (Å²) >= 11 is 5.27. The number of hydrogen-bond donors (Lipinski definition) is 1. The summed E-state index contributed by atoms with van der Waals surface area (Å²) in [6.07, 6.45) is 0. The lowest BCUT2D eigenvalue weighted by Gasteiger charge is -2.05. The van der Waals surface area contributed by atoms with E-state index < -0.39 is 0 Å². The van der Waals surface area contributed by atoms with Gasteiger partial charge in [0.1, 0.15) is 0 Å². The van der Waals surface area contributed by atoms with E-state index in [1.165, 1.54) is 0 Å². The van der Waals surface area contributed by atoms with Gasteiger partial charge < -0.3 is 5.32 Å². The van der Waals surface area contributed by atoms with Crippen LogP contribution < -0.4 is 5.32 Å². The Morgan fingerprint density at radius 2 is 2.11 bits per heavy atom. The van der Waals surface area contributed by atoms with Crippen LogP contribution in [0.3, 0.4) is 0 Å². The van der Waals surface area contributed by atoms with Gasteiger partial charge in [-0.25, -0.2) is 0 Å². The van der Waals surface area contributed by atoms with E-state index in [2.05, 4.69) is 11.9 Å². The highest BCUT2D eigenvalue weighted by Crippen LogP contribution is 1.95. The molecule has 0 aromatic carbocycles. The van der Waals surface area contributed by atoms with E-state index in [0.29, 0.717) is 0 Å². The van der Waals surface area contributed by atoms with Crippen LogP contribution in [0.15, 0.2) is 11.6 Å². The summed E-state index contributed by atoms with van der Waals surface area (Å²) in [6.45, 7) is 6.98. The molecular formula is C6H10ClNO. The monoisotopic (exact) mass is 147 g/mol. The van der Waals surface area contributed by atoms with Crippen molar-refractivity contribution in [3.05, 3.63) is 11.6 Å². The molecule has 0 spiro atoms. The van der Waals surface area contributed by atoms with E-state index in [4.69, 9.17) is 11.6 Å². The lowest BCUT2D eigenvalue weighted by Crippen LogP contribution is -2.29. The fourth-order valence-corrected chi connectivity index (χ4v) is 0.395. The number of carbonyl (C=O) groups excluding carboxylic acids is 1. The Labute approximate surface area is 59.9 Å². The molecule has 2 nitrogen and oxygen atoms in total. The molecule has 0 heterocycles. The minimum atomic E-state index is -0.299. The number of rotatable bonds is 2. The first kappa shape index (κ1) is 8.50. The van der Waals surface area contributed by atoms with E-state index in [1.54, 1.807) is 0 Å². The van der Waals surface area contributed by atoms with Crippen LogP contribution in [-0.2, 0) is 4.79 Å². The van der Waals surface area contributed by atoms with Gasteiger partial charge in [0.15, 0.2) is 0 Å². The van der Waals surface area contributed by atoms with Crippen molar-refractivity contribution in [3.8, 4) is 0 Å². The molecule has 9 heavy (non-hydrogen) atoms. The Hall–Kier alpha value is -0.500. The second-order valence-electron chi connectivity index (χ2n) is 2.03. The molecule has 0 unspecified atom stereocenters. The van der Waals surface area contributed by atoms with Crippen molar-refractivity contribution in [3.63, 3.8) is 0 Å². The van der Waals surface area contributed by atoms with E-state index in [1.807, 2.05) is 13.8 Å². The standard InChI is InChI=1S/C6H10ClNO/c1-4(2)8-6(9)5(3)7/h4H,3H2,1-2H3,(H,8,9). The molecule has 0 saturated heterocycles. The van der Waals surface area contributed by atoms with Crippen LogP contribution >= 0.6 is 11.6 Å². The van der Waals surface area contributed by atoms with E-state index in [9.17, 15) is 4.79 Å². The number of carbonyl (C=O) groups is 1. The average Bonchev–Trinajstić information content (AvgIpc) is 1.63. The van der Waals surface area contributed by atoms with Crippen molar-refractivity contribution in [1.82, 2.24) is 5.32 Å². The van der Waals surface area contributed by atoms with Crippen molar-refractivity contribution >= 4 is 17.5 Å². The van der Waals surface area contributed by atoms with Gasteiger partial charge in [-0.1, -0.05) is 18.2 Å². The smallest absolute Gasteiger partial charge is 0.262 e. The highest BCUT2D eigenvalue weighted by Gasteiger charge is 2.03. The summed E-state index contributed by atoms with van der Waals surface area (Å²) in [5.74, 6) is -0.299. The lowest BCUT2D eigenvalue weighted by molar-refractivity contribution is -0.117. The molecule has 0 rings (SSSR count). The fourth-order valence-electron chi connectivity index (χ4n) is 0.340. The van der Waals surface area contributed by atoms with Crippen LogP contribution in [0.5, 0.6) is 0 Å². The molecular weight excluding hydrogens is 138 g/mol. The number of nitrogens with one attached hydrogen (secondary N) is 1. The zero-order valence-electron chi connectivity index (χ0n) is 5.57. The van der Waals surface area contributed by atoms with Crippen LogP contribution in [0.25, 0.3) is 0 Å². The van der Waals surface area contributed by atoms with Gasteiger partial charge in [0.05, 0.1) is 5.03 Å². The summed E-state index contributed by atoms with van der Waals surface area (Å²) in [4.78, 5) is 10.6. The molecule has 0 aliphatic rings. The summed E-state index contributed by atoms with van der Waals surface area (Å²) < 4.78 is 0. The summed E-state index contributed by atoms with van der Waals surface area (Å²) in [7, 11) is 0. The molecule has 0 atom stereocenters. The molecule has 0 aliphatic heterocycles. The van der Waals surface area contributed by atoms with Crippen molar-refractivity contribution in [1.29, 1.82) is 0 Å². The highest BCUT2D eigenvalue weighted by molar-refractivity contribution is 6.41. The van der Waals surface area contributed by atoms with Gasteiger partial charge in [0.2, 0.25) is 0 Å². The molecule has 52 valence electrons. The number of amides is 1. The molecule has 0 aliphatic carbocycles. The van der Waals surface area contributed by atoms with Gasteiger partial charge in [0, 0.05) is 6.04 Å². The van der Waals surface area contributed by atoms with E-state index in [-0.39, 0.29) is 17.0 Å². The lowest BCUT2D eigenvalue weighted by atomic mass is 10.4. The van der Waals surface area contributed by atoms with Crippen LogP contribution in [0.4, 0.5) is 0 Å². The third-order valence-electron chi connectivity index (χ3n) is 0.666. The van der Waals surface area contributed by atoms with Crippen LogP contribution in [0, 0.1) is 0 Å². The third-order valence-corrected chi connectivity index (χ3v) is 0.838. The van der Waals surface area contributed by atoms with Gasteiger partial charge in [-0.2, -0.15) is 0 Å². The maximum atomic E-state index is 10.6. The predicted octanol–water partition coefficient (Wildman–Crippen LogP) is 1.26. The summed E-state index contributed by atoms with van der Waals surface area (Å²) in [5, 5.41) is 2.60. The Morgan fingerprint density at radius 3 is 2.22 bits per heavy atom. The van der Waals surface area contributed by atoms with Crippen LogP contribution in [0.2, 0.25) is 0 Å². The third kappa shape index (κ3) is 4.03. The molecule has 0 radical (unpaired) electrons. The maximum Gasteiger partial charge on any atom is 0.262 e.